The summed E-state index contributed by atoms with van der Waals surface area (Å²) in [7, 11) is 0. The third kappa shape index (κ3) is 1.85. The van der Waals surface area contributed by atoms with E-state index in [1.54, 1.807) is 0 Å². The molecule has 2 rings (SSSR count). The van der Waals surface area contributed by atoms with Crippen LogP contribution < -0.4 is 0 Å². The van der Waals surface area contributed by atoms with Crippen LogP contribution in [-0.4, -0.2) is 0 Å². The topological polar surface area (TPSA) is 0 Å². The van der Waals surface area contributed by atoms with Crippen LogP contribution in [0.1, 0.15) is 5.56 Å². The molecular formula is C12H8S. The number of hydrogen-bond acceptors (Lipinski definition) is 1. The van der Waals surface area contributed by atoms with Crippen molar-refractivity contribution in [3.63, 3.8) is 0 Å². The van der Waals surface area contributed by atoms with Gasteiger partial charge in [-0.05, 0) is 17.7 Å². The summed E-state index contributed by atoms with van der Waals surface area (Å²) in [5.74, 6) is 0. The molecule has 0 aromatic heterocycles. The molecule has 0 saturated heterocycles. The van der Waals surface area contributed by atoms with Crippen LogP contribution in [0.2, 0.25) is 0 Å². The van der Waals surface area contributed by atoms with Gasteiger partial charge in [-0.1, -0.05) is 41.8 Å². The van der Waals surface area contributed by atoms with Crippen molar-refractivity contribution in [1.82, 2.24) is 0 Å². The minimum Gasteiger partial charge on any atom is -0.135 e. The number of thiol groups is 1. The summed E-state index contributed by atoms with van der Waals surface area (Å²) in [5, 5.41) is 0. The third-order valence-electron chi connectivity index (χ3n) is 1.82. The lowest BCUT2D eigenvalue weighted by Gasteiger charge is -1.99. The van der Waals surface area contributed by atoms with Crippen LogP contribution in [0.15, 0.2) is 58.9 Å². The van der Waals surface area contributed by atoms with Gasteiger partial charge in [0.05, 0.1) is 4.91 Å². The van der Waals surface area contributed by atoms with Gasteiger partial charge in [0.15, 0.2) is 0 Å². The Morgan fingerprint density at radius 2 is 1.69 bits per heavy atom. The zero-order valence-corrected chi connectivity index (χ0v) is 7.88. The Kier molecular flexibility index (Phi) is 2.25. The van der Waals surface area contributed by atoms with E-state index in [9.17, 15) is 0 Å². The monoisotopic (exact) mass is 184 g/mol. The largest absolute Gasteiger partial charge is 0.135 e. The quantitative estimate of drug-likeness (QED) is 0.503. The van der Waals surface area contributed by atoms with Crippen molar-refractivity contribution in [3.8, 4) is 0 Å². The molecule has 1 heteroatoms. The molecule has 0 bridgehead atoms. The van der Waals surface area contributed by atoms with E-state index in [1.807, 2.05) is 30.4 Å². The summed E-state index contributed by atoms with van der Waals surface area (Å²) < 4.78 is 0. The second-order valence-electron chi connectivity index (χ2n) is 2.75. The summed E-state index contributed by atoms with van der Waals surface area (Å²) in [4.78, 5) is 0.819. The van der Waals surface area contributed by atoms with Gasteiger partial charge >= 0.3 is 0 Å². The Hall–Kier alpha value is -1.39. The average Bonchev–Trinajstić information content (AvgIpc) is 2.20. The second-order valence-corrected chi connectivity index (χ2v) is 3.23. The van der Waals surface area contributed by atoms with E-state index in [-0.39, 0.29) is 0 Å². The molecule has 1 aliphatic carbocycles. The van der Waals surface area contributed by atoms with Crippen molar-refractivity contribution >= 4 is 18.2 Å². The van der Waals surface area contributed by atoms with E-state index in [4.69, 9.17) is 0 Å². The Labute approximate surface area is 83.0 Å². The van der Waals surface area contributed by atoms with Crippen LogP contribution in [0.25, 0.3) is 5.57 Å². The van der Waals surface area contributed by atoms with Crippen LogP contribution in [0, 0.1) is 0 Å². The van der Waals surface area contributed by atoms with Crippen molar-refractivity contribution in [2.75, 3.05) is 0 Å². The standard InChI is InChI=1S/C12H8S/c13-12-8-6-11(7-9-12)10-4-2-1-3-5-10/h1-6,8,13H. The van der Waals surface area contributed by atoms with Crippen LogP contribution in [0.5, 0.6) is 0 Å². The number of benzene rings is 1. The van der Waals surface area contributed by atoms with Crippen molar-refractivity contribution in [2.24, 2.45) is 0 Å². The summed E-state index contributed by atoms with van der Waals surface area (Å²) >= 11 is 4.16. The van der Waals surface area contributed by atoms with Crippen LogP contribution in [0.3, 0.4) is 0 Å². The van der Waals surface area contributed by atoms with Crippen LogP contribution >= 0.6 is 12.6 Å². The van der Waals surface area contributed by atoms with Gasteiger partial charge in [0.1, 0.15) is 0 Å². The van der Waals surface area contributed by atoms with Gasteiger partial charge in [-0.15, -0.1) is 12.6 Å². The summed E-state index contributed by atoms with van der Waals surface area (Å²) in [5.41, 5.74) is 8.20. The van der Waals surface area contributed by atoms with E-state index in [0.29, 0.717) is 0 Å². The Morgan fingerprint density at radius 1 is 0.923 bits per heavy atom. The molecule has 0 spiro atoms. The first-order valence-electron chi connectivity index (χ1n) is 4.04. The molecule has 0 radical (unpaired) electrons. The molecule has 0 amide bonds. The molecule has 0 nitrogen and oxygen atoms in total. The lowest BCUT2D eigenvalue weighted by atomic mass is 10.1. The van der Waals surface area contributed by atoms with Gasteiger partial charge in [-0.25, -0.2) is 0 Å². The molecule has 0 fully saturated rings. The lowest BCUT2D eigenvalue weighted by Crippen LogP contribution is -1.79. The van der Waals surface area contributed by atoms with Crippen molar-refractivity contribution < 1.29 is 0 Å². The highest BCUT2D eigenvalue weighted by Gasteiger charge is 1.97. The Morgan fingerprint density at radius 3 is 2.31 bits per heavy atom. The lowest BCUT2D eigenvalue weighted by molar-refractivity contribution is 1.62. The van der Waals surface area contributed by atoms with Crippen molar-refractivity contribution in [3.05, 3.63) is 64.4 Å². The molecule has 1 aromatic rings. The van der Waals surface area contributed by atoms with Gasteiger partial charge in [0.25, 0.3) is 0 Å². The molecule has 1 aliphatic rings. The zero-order chi connectivity index (χ0) is 9.10. The van der Waals surface area contributed by atoms with Gasteiger partial charge in [0, 0.05) is 5.57 Å². The van der Waals surface area contributed by atoms with E-state index < -0.39 is 0 Å². The molecular weight excluding hydrogens is 176 g/mol. The van der Waals surface area contributed by atoms with Crippen molar-refractivity contribution in [2.45, 2.75) is 0 Å². The van der Waals surface area contributed by atoms with Crippen molar-refractivity contribution in [1.29, 1.82) is 0 Å². The van der Waals surface area contributed by atoms with E-state index in [0.717, 1.165) is 16.0 Å². The number of rotatable bonds is 1. The molecule has 0 heterocycles. The van der Waals surface area contributed by atoms with Gasteiger partial charge < -0.3 is 0 Å². The molecule has 1 aromatic carbocycles. The maximum atomic E-state index is 4.16. The Balaban J connectivity index is 2.52. The molecule has 0 N–H and O–H groups in total. The minimum atomic E-state index is 0.819. The fourth-order valence-corrected chi connectivity index (χ4v) is 1.29. The fourth-order valence-electron chi connectivity index (χ4n) is 1.16. The SMILES string of the molecule is SC1=C=C=C(c2ccccc2)C=C1. The molecule has 0 aliphatic heterocycles. The van der Waals surface area contributed by atoms with E-state index in [1.165, 1.54) is 0 Å². The first-order chi connectivity index (χ1) is 6.36. The maximum absolute atomic E-state index is 4.16. The summed E-state index contributed by atoms with van der Waals surface area (Å²) in [6, 6.07) is 10.1. The zero-order valence-electron chi connectivity index (χ0n) is 6.99. The summed E-state index contributed by atoms with van der Waals surface area (Å²) in [6.07, 6.45) is 3.91. The fraction of sp³-hybridized carbons (Fsp3) is 0. The van der Waals surface area contributed by atoms with Gasteiger partial charge in [0.2, 0.25) is 0 Å². The summed E-state index contributed by atoms with van der Waals surface area (Å²) in [6.45, 7) is 0. The Bertz CT molecular complexity index is 439. The van der Waals surface area contributed by atoms with E-state index in [2.05, 4.69) is 36.2 Å². The average molecular weight is 184 g/mol. The molecule has 13 heavy (non-hydrogen) atoms. The van der Waals surface area contributed by atoms with Crippen LogP contribution in [-0.2, 0) is 0 Å². The minimum absolute atomic E-state index is 0.819. The van der Waals surface area contributed by atoms with E-state index >= 15 is 0 Å². The normalized spacial score (nSPS) is 13.9. The number of hydrogen-bond donors (Lipinski definition) is 1. The molecule has 0 atom stereocenters. The first-order valence-corrected chi connectivity index (χ1v) is 4.49. The van der Waals surface area contributed by atoms with Crippen LogP contribution in [0.4, 0.5) is 0 Å². The molecule has 0 saturated carbocycles. The second kappa shape index (κ2) is 3.55. The highest BCUT2D eigenvalue weighted by molar-refractivity contribution is 7.84. The smallest absolute Gasteiger partial charge is 0.0547 e. The molecule has 0 unspecified atom stereocenters. The maximum Gasteiger partial charge on any atom is 0.0547 e. The highest BCUT2D eigenvalue weighted by atomic mass is 32.1. The number of allylic oxidation sites excluding steroid dienone is 3. The van der Waals surface area contributed by atoms with Gasteiger partial charge in [-0.3, -0.25) is 0 Å². The third-order valence-corrected chi connectivity index (χ3v) is 2.08. The highest BCUT2D eigenvalue weighted by Crippen LogP contribution is 2.17. The predicted octanol–water partition coefficient (Wildman–Crippen LogP) is 3.21. The molecule has 62 valence electrons. The predicted molar refractivity (Wildman–Crippen MR) is 58.5 cm³/mol. The van der Waals surface area contributed by atoms with Gasteiger partial charge in [-0.2, -0.15) is 0 Å². The first kappa shape index (κ1) is 8.22.